The van der Waals surface area contributed by atoms with Crippen LogP contribution in [0.15, 0.2) is 36.7 Å². The number of rotatable bonds is 3. The van der Waals surface area contributed by atoms with Crippen molar-refractivity contribution in [2.75, 3.05) is 0 Å². The van der Waals surface area contributed by atoms with Crippen LogP contribution in [0.1, 0.15) is 5.69 Å². The maximum Gasteiger partial charge on any atom is 0.237 e. The molecule has 82 valence electrons. The van der Waals surface area contributed by atoms with Gasteiger partial charge < -0.3 is 9.84 Å². The zero-order chi connectivity index (χ0) is 11.4. The first kappa shape index (κ1) is 10.5. The second-order valence-corrected chi connectivity index (χ2v) is 3.06. The fourth-order valence-electron chi connectivity index (χ4n) is 1.13. The largest absolute Gasteiger partial charge is 0.437 e. The van der Waals surface area contributed by atoms with E-state index in [-0.39, 0.29) is 18.3 Å². The molecule has 0 aliphatic heterocycles. The Morgan fingerprint density at radius 2 is 2.12 bits per heavy atom. The van der Waals surface area contributed by atoms with Gasteiger partial charge in [-0.05, 0) is 12.1 Å². The van der Waals surface area contributed by atoms with Crippen molar-refractivity contribution in [1.29, 1.82) is 0 Å². The van der Waals surface area contributed by atoms with Crippen molar-refractivity contribution in [1.82, 2.24) is 9.97 Å². The molecule has 0 aliphatic rings. The number of hydrogen-bond acceptors (Lipinski definition) is 4. The molecule has 5 heteroatoms. The molecule has 0 saturated carbocycles. The lowest BCUT2D eigenvalue weighted by Gasteiger charge is -2.04. The van der Waals surface area contributed by atoms with Crippen molar-refractivity contribution in [3.05, 3.63) is 48.2 Å². The van der Waals surface area contributed by atoms with E-state index in [9.17, 15) is 4.39 Å². The highest BCUT2D eigenvalue weighted by atomic mass is 19.1. The molecule has 0 aliphatic carbocycles. The summed E-state index contributed by atoms with van der Waals surface area (Å²) >= 11 is 0. The van der Waals surface area contributed by atoms with Gasteiger partial charge in [0.1, 0.15) is 11.6 Å². The molecule has 0 unspecified atom stereocenters. The van der Waals surface area contributed by atoms with Crippen molar-refractivity contribution in [2.24, 2.45) is 0 Å². The fraction of sp³-hybridized carbons (Fsp3) is 0.0909. The van der Waals surface area contributed by atoms with Crippen molar-refractivity contribution in [3.8, 4) is 11.6 Å². The van der Waals surface area contributed by atoms with Gasteiger partial charge in [0.25, 0.3) is 0 Å². The third-order valence-electron chi connectivity index (χ3n) is 1.86. The minimum atomic E-state index is -0.377. The van der Waals surface area contributed by atoms with E-state index < -0.39 is 0 Å². The lowest BCUT2D eigenvalue weighted by Crippen LogP contribution is -1.93. The first-order valence-electron chi connectivity index (χ1n) is 4.63. The van der Waals surface area contributed by atoms with Gasteiger partial charge in [-0.1, -0.05) is 6.07 Å². The van der Waals surface area contributed by atoms with Gasteiger partial charge in [-0.25, -0.2) is 9.37 Å². The Labute approximate surface area is 91.4 Å². The average molecular weight is 220 g/mol. The summed E-state index contributed by atoms with van der Waals surface area (Å²) in [6.07, 6.45) is 2.77. The Bertz CT molecular complexity index is 474. The second-order valence-electron chi connectivity index (χ2n) is 3.06. The lowest BCUT2D eigenvalue weighted by molar-refractivity contribution is 0.276. The van der Waals surface area contributed by atoms with E-state index in [0.29, 0.717) is 11.4 Å². The minimum absolute atomic E-state index is 0.173. The molecule has 0 saturated heterocycles. The van der Waals surface area contributed by atoms with Crippen LogP contribution in [0.2, 0.25) is 0 Å². The standard InChI is InChI=1S/C11H9FN2O2/c12-8-2-1-3-10(4-8)16-11-6-13-9(7-15)5-14-11/h1-6,15H,7H2. The molecule has 1 aromatic carbocycles. The molecule has 0 fully saturated rings. The number of nitrogens with zero attached hydrogens (tertiary/aromatic N) is 2. The van der Waals surface area contributed by atoms with Crippen LogP contribution in [-0.4, -0.2) is 15.1 Å². The van der Waals surface area contributed by atoms with Crippen molar-refractivity contribution >= 4 is 0 Å². The Kier molecular flexibility index (Phi) is 3.07. The van der Waals surface area contributed by atoms with Crippen molar-refractivity contribution < 1.29 is 14.2 Å². The number of aliphatic hydroxyl groups excluding tert-OH is 1. The monoisotopic (exact) mass is 220 g/mol. The van der Waals surface area contributed by atoms with E-state index in [1.54, 1.807) is 12.1 Å². The summed E-state index contributed by atoms with van der Waals surface area (Å²) in [5.41, 5.74) is 0.451. The average Bonchev–Trinajstić information content (AvgIpc) is 2.30. The molecular weight excluding hydrogens is 211 g/mol. The molecule has 4 nitrogen and oxygen atoms in total. The quantitative estimate of drug-likeness (QED) is 0.858. The minimum Gasteiger partial charge on any atom is -0.437 e. The summed E-state index contributed by atoms with van der Waals surface area (Å²) in [5, 5.41) is 8.76. The van der Waals surface area contributed by atoms with Gasteiger partial charge in [-0.2, -0.15) is 0 Å². The number of benzene rings is 1. The van der Waals surface area contributed by atoms with Gasteiger partial charge in [-0.15, -0.1) is 0 Å². The molecule has 1 aromatic heterocycles. The van der Waals surface area contributed by atoms with Crippen molar-refractivity contribution in [3.63, 3.8) is 0 Å². The first-order valence-corrected chi connectivity index (χ1v) is 4.63. The predicted molar refractivity (Wildman–Crippen MR) is 54.4 cm³/mol. The number of ether oxygens (including phenoxy) is 1. The Morgan fingerprint density at radius 1 is 1.25 bits per heavy atom. The van der Waals surface area contributed by atoms with Gasteiger partial charge in [0, 0.05) is 6.07 Å². The summed E-state index contributed by atoms with van der Waals surface area (Å²) in [5.74, 6) is 0.228. The summed E-state index contributed by atoms with van der Waals surface area (Å²) in [6.45, 7) is -0.173. The Balaban J connectivity index is 2.14. The Morgan fingerprint density at radius 3 is 2.75 bits per heavy atom. The number of halogens is 1. The molecule has 1 heterocycles. The highest BCUT2D eigenvalue weighted by Gasteiger charge is 2.00. The van der Waals surface area contributed by atoms with Crippen LogP contribution in [0.5, 0.6) is 11.6 Å². The highest BCUT2D eigenvalue weighted by molar-refractivity contribution is 5.26. The SMILES string of the molecule is OCc1cnc(Oc2cccc(F)c2)cn1. The second kappa shape index (κ2) is 4.67. The smallest absolute Gasteiger partial charge is 0.237 e. The molecule has 16 heavy (non-hydrogen) atoms. The number of hydrogen-bond donors (Lipinski definition) is 1. The molecular formula is C11H9FN2O2. The third-order valence-corrected chi connectivity index (χ3v) is 1.86. The third kappa shape index (κ3) is 2.52. The van der Waals surface area contributed by atoms with E-state index in [2.05, 4.69) is 9.97 Å². The van der Waals surface area contributed by atoms with Gasteiger partial charge in [0.05, 0.1) is 24.7 Å². The van der Waals surface area contributed by atoms with E-state index in [1.807, 2.05) is 0 Å². The molecule has 1 N–H and O–H groups in total. The van der Waals surface area contributed by atoms with E-state index >= 15 is 0 Å². The van der Waals surface area contributed by atoms with Crippen LogP contribution in [-0.2, 0) is 6.61 Å². The zero-order valence-electron chi connectivity index (χ0n) is 8.30. The summed E-state index contributed by atoms with van der Waals surface area (Å²) < 4.78 is 18.1. The van der Waals surface area contributed by atoms with Crippen LogP contribution >= 0.6 is 0 Å². The fourth-order valence-corrected chi connectivity index (χ4v) is 1.13. The van der Waals surface area contributed by atoms with Crippen LogP contribution < -0.4 is 4.74 Å². The Hall–Kier alpha value is -2.01. The normalized spacial score (nSPS) is 10.1. The van der Waals surface area contributed by atoms with Gasteiger partial charge in [-0.3, -0.25) is 4.98 Å². The number of aliphatic hydroxyl groups is 1. The van der Waals surface area contributed by atoms with Crippen molar-refractivity contribution in [2.45, 2.75) is 6.61 Å². The first-order chi connectivity index (χ1) is 7.78. The molecule has 0 amide bonds. The van der Waals surface area contributed by atoms with E-state index in [0.717, 1.165) is 0 Å². The molecule has 0 atom stereocenters. The maximum atomic E-state index is 12.8. The molecule has 2 aromatic rings. The summed E-state index contributed by atoms with van der Waals surface area (Å²) in [4.78, 5) is 7.79. The lowest BCUT2D eigenvalue weighted by atomic mass is 10.3. The summed E-state index contributed by atoms with van der Waals surface area (Å²) in [6, 6.07) is 5.74. The number of aromatic nitrogens is 2. The molecule has 0 bridgehead atoms. The van der Waals surface area contributed by atoms with Gasteiger partial charge in [0.15, 0.2) is 0 Å². The topological polar surface area (TPSA) is 55.2 Å². The highest BCUT2D eigenvalue weighted by Crippen LogP contribution is 2.18. The molecule has 0 spiro atoms. The van der Waals surface area contributed by atoms with Crippen LogP contribution in [0.25, 0.3) is 0 Å². The molecule has 0 radical (unpaired) electrons. The van der Waals surface area contributed by atoms with E-state index in [1.165, 1.54) is 24.5 Å². The maximum absolute atomic E-state index is 12.8. The van der Waals surface area contributed by atoms with Crippen LogP contribution in [0, 0.1) is 5.82 Å². The van der Waals surface area contributed by atoms with Gasteiger partial charge in [0.2, 0.25) is 5.88 Å². The van der Waals surface area contributed by atoms with Gasteiger partial charge >= 0.3 is 0 Å². The molecule has 2 rings (SSSR count). The van der Waals surface area contributed by atoms with Crippen LogP contribution in [0.4, 0.5) is 4.39 Å². The van der Waals surface area contributed by atoms with E-state index in [4.69, 9.17) is 9.84 Å². The predicted octanol–water partition coefficient (Wildman–Crippen LogP) is 1.90. The summed E-state index contributed by atoms with van der Waals surface area (Å²) in [7, 11) is 0. The van der Waals surface area contributed by atoms with Crippen LogP contribution in [0.3, 0.4) is 0 Å². The zero-order valence-corrected chi connectivity index (χ0v) is 8.30.